The van der Waals surface area contributed by atoms with Crippen molar-refractivity contribution in [2.24, 2.45) is 23.2 Å². The van der Waals surface area contributed by atoms with Crippen LogP contribution in [0.5, 0.6) is 0 Å². The van der Waals surface area contributed by atoms with Gasteiger partial charge in [-0.1, -0.05) is 0 Å². The van der Waals surface area contributed by atoms with Crippen LogP contribution in [0.2, 0.25) is 0 Å². The molecule has 2 heterocycles. The molecule has 5 fully saturated rings. The number of anilines is 1. The quantitative estimate of drug-likeness (QED) is 0.777. The fourth-order valence-corrected chi connectivity index (χ4v) is 6.47. The maximum absolute atomic E-state index is 12.9. The maximum atomic E-state index is 12.9. The molecule has 1 amide bonds. The van der Waals surface area contributed by atoms with Crippen LogP contribution in [0.1, 0.15) is 38.5 Å². The number of aromatic nitrogens is 2. The molecule has 1 aromatic heterocycles. The number of hydrogen-bond donors (Lipinski definition) is 1. The van der Waals surface area contributed by atoms with Crippen molar-refractivity contribution in [2.75, 3.05) is 44.2 Å². The summed E-state index contributed by atoms with van der Waals surface area (Å²) in [7, 11) is 0. The van der Waals surface area contributed by atoms with E-state index in [-0.39, 0.29) is 5.41 Å². The highest BCUT2D eigenvalue weighted by molar-refractivity contribution is 5.84. The van der Waals surface area contributed by atoms with Crippen LogP contribution in [-0.4, -0.2) is 60.0 Å². The maximum Gasteiger partial charge on any atom is 0.226 e. The van der Waals surface area contributed by atoms with Crippen molar-refractivity contribution >= 4 is 11.9 Å². The number of amides is 1. The molecule has 6 nitrogen and oxygen atoms in total. The van der Waals surface area contributed by atoms with Crippen molar-refractivity contribution in [3.8, 4) is 0 Å². The highest BCUT2D eigenvalue weighted by Crippen LogP contribution is 2.65. The first kappa shape index (κ1) is 17.4. The standard InChI is InChI=1S/C21H31N5O/c27-19(21-14-16-11-17(15-21)13-18(21)12-16)22-5-2-6-25-7-9-26(10-8-25)20-23-3-1-4-24-20/h1,3-4,16-18H,2,5-15H2,(H,22,27). The Bertz CT molecular complexity index is 658. The van der Waals surface area contributed by atoms with Gasteiger partial charge in [0.15, 0.2) is 0 Å². The molecule has 4 aliphatic carbocycles. The zero-order valence-electron chi connectivity index (χ0n) is 16.1. The molecule has 1 N–H and O–H groups in total. The molecule has 27 heavy (non-hydrogen) atoms. The number of rotatable bonds is 6. The lowest BCUT2D eigenvalue weighted by atomic mass is 9.75. The van der Waals surface area contributed by atoms with Gasteiger partial charge in [0.05, 0.1) is 5.41 Å². The third kappa shape index (κ3) is 3.22. The van der Waals surface area contributed by atoms with Crippen LogP contribution in [0.25, 0.3) is 0 Å². The van der Waals surface area contributed by atoms with Gasteiger partial charge in [-0.05, 0) is 68.9 Å². The number of piperazine rings is 1. The van der Waals surface area contributed by atoms with Crippen LogP contribution < -0.4 is 10.2 Å². The zero-order chi connectivity index (χ0) is 18.3. The number of nitrogens with zero attached hydrogens (tertiary/aromatic N) is 4. The fourth-order valence-electron chi connectivity index (χ4n) is 6.47. The first-order chi connectivity index (χ1) is 13.2. The molecule has 6 heteroatoms. The van der Waals surface area contributed by atoms with Gasteiger partial charge < -0.3 is 10.2 Å². The molecule has 5 aliphatic rings. The van der Waals surface area contributed by atoms with E-state index in [0.29, 0.717) is 11.8 Å². The fraction of sp³-hybridized carbons (Fsp3) is 0.762. The zero-order valence-corrected chi connectivity index (χ0v) is 16.1. The molecule has 146 valence electrons. The molecule has 1 aromatic rings. The van der Waals surface area contributed by atoms with E-state index in [9.17, 15) is 4.79 Å². The molecule has 0 radical (unpaired) electrons. The molecule has 6 rings (SSSR count). The molecule has 0 spiro atoms. The molecule has 1 saturated heterocycles. The van der Waals surface area contributed by atoms with Gasteiger partial charge in [0.1, 0.15) is 0 Å². The summed E-state index contributed by atoms with van der Waals surface area (Å²) in [5.74, 6) is 3.60. The number of hydrogen-bond acceptors (Lipinski definition) is 5. The predicted molar refractivity (Wildman–Crippen MR) is 104 cm³/mol. The van der Waals surface area contributed by atoms with E-state index >= 15 is 0 Å². The van der Waals surface area contributed by atoms with E-state index in [1.54, 1.807) is 12.4 Å². The van der Waals surface area contributed by atoms with Crippen LogP contribution in [-0.2, 0) is 4.79 Å². The van der Waals surface area contributed by atoms with Crippen LogP contribution in [0.4, 0.5) is 5.95 Å². The first-order valence-electron chi connectivity index (χ1n) is 10.8. The second-order valence-electron chi connectivity index (χ2n) is 9.19. The Kier molecular flexibility index (Phi) is 4.54. The van der Waals surface area contributed by atoms with Crippen molar-refractivity contribution in [3.63, 3.8) is 0 Å². The third-order valence-corrected chi connectivity index (χ3v) is 7.59. The van der Waals surface area contributed by atoms with Crippen LogP contribution in [0, 0.1) is 23.2 Å². The predicted octanol–water partition coefficient (Wildman–Crippen LogP) is 1.93. The van der Waals surface area contributed by atoms with Gasteiger partial charge in [-0.25, -0.2) is 9.97 Å². The Morgan fingerprint density at radius 3 is 2.48 bits per heavy atom. The van der Waals surface area contributed by atoms with Crippen molar-refractivity contribution in [1.29, 1.82) is 0 Å². The van der Waals surface area contributed by atoms with Crippen molar-refractivity contribution in [1.82, 2.24) is 20.2 Å². The van der Waals surface area contributed by atoms with E-state index in [2.05, 4.69) is 25.1 Å². The topological polar surface area (TPSA) is 61.4 Å². The molecule has 1 aliphatic heterocycles. The number of nitrogens with one attached hydrogen (secondary N) is 1. The Morgan fingerprint density at radius 1 is 1.07 bits per heavy atom. The van der Waals surface area contributed by atoms with E-state index in [1.807, 2.05) is 6.07 Å². The molecule has 0 aromatic carbocycles. The first-order valence-corrected chi connectivity index (χ1v) is 10.8. The average Bonchev–Trinajstić information content (AvgIpc) is 3.11. The lowest BCUT2D eigenvalue weighted by molar-refractivity contribution is -0.132. The summed E-state index contributed by atoms with van der Waals surface area (Å²) >= 11 is 0. The van der Waals surface area contributed by atoms with E-state index in [0.717, 1.165) is 63.5 Å². The number of carbonyl (C=O) groups excluding carboxylic acids is 1. The molecule has 2 unspecified atom stereocenters. The smallest absolute Gasteiger partial charge is 0.226 e. The van der Waals surface area contributed by atoms with Crippen LogP contribution in [0.15, 0.2) is 18.5 Å². The summed E-state index contributed by atoms with van der Waals surface area (Å²) in [6.07, 6.45) is 11.0. The summed E-state index contributed by atoms with van der Waals surface area (Å²) in [4.78, 5) is 26.4. The van der Waals surface area contributed by atoms with Gasteiger partial charge >= 0.3 is 0 Å². The highest BCUT2D eigenvalue weighted by Gasteiger charge is 2.61. The minimum atomic E-state index is 0.0227. The summed E-state index contributed by atoms with van der Waals surface area (Å²) < 4.78 is 0. The van der Waals surface area contributed by atoms with Gasteiger partial charge in [0.2, 0.25) is 11.9 Å². The molecular formula is C21H31N5O. The Balaban J connectivity index is 1.03. The van der Waals surface area contributed by atoms with Gasteiger partial charge in [-0.2, -0.15) is 0 Å². The lowest BCUT2D eigenvalue weighted by Crippen LogP contribution is -2.48. The van der Waals surface area contributed by atoms with Crippen molar-refractivity contribution in [2.45, 2.75) is 38.5 Å². The summed E-state index contributed by atoms with van der Waals surface area (Å²) in [5.41, 5.74) is 0.0227. The van der Waals surface area contributed by atoms with Crippen LogP contribution in [0.3, 0.4) is 0 Å². The second kappa shape index (κ2) is 7.04. The Labute approximate surface area is 161 Å². The molecule has 4 saturated carbocycles. The van der Waals surface area contributed by atoms with E-state index < -0.39 is 0 Å². The molecular weight excluding hydrogens is 338 g/mol. The largest absolute Gasteiger partial charge is 0.356 e. The lowest BCUT2D eigenvalue weighted by Gasteiger charge is -2.35. The summed E-state index contributed by atoms with van der Waals surface area (Å²) in [6.45, 7) is 5.92. The van der Waals surface area contributed by atoms with Gasteiger partial charge in [-0.3, -0.25) is 9.69 Å². The third-order valence-electron chi connectivity index (χ3n) is 7.59. The molecule has 2 atom stereocenters. The normalized spacial score (nSPS) is 35.0. The Morgan fingerprint density at radius 2 is 1.78 bits per heavy atom. The minimum Gasteiger partial charge on any atom is -0.356 e. The van der Waals surface area contributed by atoms with E-state index in [1.165, 1.54) is 32.1 Å². The minimum absolute atomic E-state index is 0.0227. The highest BCUT2D eigenvalue weighted by atomic mass is 16.2. The second-order valence-corrected chi connectivity index (χ2v) is 9.19. The average molecular weight is 370 g/mol. The monoisotopic (exact) mass is 369 g/mol. The van der Waals surface area contributed by atoms with Crippen molar-refractivity contribution in [3.05, 3.63) is 18.5 Å². The van der Waals surface area contributed by atoms with Gasteiger partial charge in [0.25, 0.3) is 0 Å². The SMILES string of the molecule is O=C(NCCCN1CCN(c2ncccn2)CC1)C12CC3CC(CC1C3)C2. The van der Waals surface area contributed by atoms with Crippen molar-refractivity contribution < 1.29 is 4.79 Å². The molecule has 4 bridgehead atoms. The number of carbonyl (C=O) groups is 1. The summed E-state index contributed by atoms with van der Waals surface area (Å²) in [6, 6.07) is 1.86. The summed E-state index contributed by atoms with van der Waals surface area (Å²) in [5, 5.41) is 3.31. The van der Waals surface area contributed by atoms with E-state index in [4.69, 9.17) is 0 Å². The Hall–Kier alpha value is -1.69. The van der Waals surface area contributed by atoms with Crippen LogP contribution >= 0.6 is 0 Å². The van der Waals surface area contributed by atoms with Gasteiger partial charge in [-0.15, -0.1) is 0 Å². The van der Waals surface area contributed by atoms with Gasteiger partial charge in [0, 0.05) is 45.1 Å².